The van der Waals surface area contributed by atoms with Crippen LogP contribution in [0.5, 0.6) is 0 Å². The lowest BCUT2D eigenvalue weighted by molar-refractivity contribution is -0.167. The lowest BCUT2D eigenvalue weighted by atomic mass is 10.1. The monoisotopic (exact) mass is 893 g/mol. The van der Waals surface area contributed by atoms with Gasteiger partial charge in [0.05, 0.1) is 0 Å². The average Bonchev–Trinajstić information content (AvgIpc) is 3.29. The Hall–Kier alpha value is -3.15. The van der Waals surface area contributed by atoms with Crippen molar-refractivity contribution in [3.05, 3.63) is 72.9 Å². The maximum absolute atomic E-state index is 12.8. The van der Waals surface area contributed by atoms with Crippen LogP contribution in [0.2, 0.25) is 0 Å². The molecule has 6 heteroatoms. The number of hydrogen-bond donors (Lipinski definition) is 0. The number of carbonyl (C=O) groups excluding carboxylic acids is 3. The van der Waals surface area contributed by atoms with Gasteiger partial charge >= 0.3 is 17.9 Å². The molecule has 0 amide bonds. The fourth-order valence-corrected chi connectivity index (χ4v) is 7.38. The van der Waals surface area contributed by atoms with E-state index in [0.717, 1.165) is 89.9 Å². The van der Waals surface area contributed by atoms with Crippen molar-refractivity contribution in [2.24, 2.45) is 0 Å². The van der Waals surface area contributed by atoms with Crippen molar-refractivity contribution in [3.8, 4) is 0 Å². The third kappa shape index (κ3) is 49.9. The van der Waals surface area contributed by atoms with Crippen LogP contribution in [0.1, 0.15) is 258 Å². The summed E-state index contributed by atoms with van der Waals surface area (Å²) in [4.78, 5) is 38.0. The lowest BCUT2D eigenvalue weighted by Gasteiger charge is -2.18. The van der Waals surface area contributed by atoms with Gasteiger partial charge < -0.3 is 14.2 Å². The van der Waals surface area contributed by atoms with Gasteiger partial charge in [-0.3, -0.25) is 14.4 Å². The van der Waals surface area contributed by atoms with E-state index in [0.29, 0.717) is 19.3 Å². The predicted molar refractivity (Wildman–Crippen MR) is 274 cm³/mol. The maximum Gasteiger partial charge on any atom is 0.306 e. The topological polar surface area (TPSA) is 78.9 Å². The minimum Gasteiger partial charge on any atom is -0.462 e. The third-order valence-corrected chi connectivity index (χ3v) is 11.4. The minimum atomic E-state index is -0.798. The van der Waals surface area contributed by atoms with E-state index in [1.54, 1.807) is 0 Å². The Morgan fingerprint density at radius 1 is 0.344 bits per heavy atom. The molecule has 0 rings (SSSR count). The molecule has 0 N–H and O–H groups in total. The van der Waals surface area contributed by atoms with Crippen LogP contribution in [-0.4, -0.2) is 37.2 Å². The molecule has 1 unspecified atom stereocenters. The summed E-state index contributed by atoms with van der Waals surface area (Å²) >= 11 is 0. The summed E-state index contributed by atoms with van der Waals surface area (Å²) in [5.74, 6) is -0.949. The van der Waals surface area contributed by atoms with Crippen LogP contribution in [0, 0.1) is 0 Å². The van der Waals surface area contributed by atoms with Crippen LogP contribution in [0.15, 0.2) is 72.9 Å². The summed E-state index contributed by atoms with van der Waals surface area (Å²) in [6, 6.07) is 0. The zero-order valence-electron chi connectivity index (χ0n) is 42.0. The number of carbonyl (C=O) groups is 3. The Morgan fingerprint density at radius 2 is 0.656 bits per heavy atom. The summed E-state index contributed by atoms with van der Waals surface area (Å²) in [6.45, 7) is 6.45. The van der Waals surface area contributed by atoms with Crippen molar-refractivity contribution in [2.75, 3.05) is 13.2 Å². The van der Waals surface area contributed by atoms with E-state index in [9.17, 15) is 14.4 Å². The maximum atomic E-state index is 12.8. The molecule has 0 aromatic rings. The van der Waals surface area contributed by atoms with Crippen LogP contribution in [0.4, 0.5) is 0 Å². The SMILES string of the molecule is CC/C=C\C/C=C\C/C=C\CCCCC(=O)OCC(COC(=O)CCCCCCCCC/C=C\CCCCCCCCCC)OC(=O)CCCCCCCC/C=C\C=C/CCCCC. The predicted octanol–water partition coefficient (Wildman–Crippen LogP) is 17.8. The molecule has 0 heterocycles. The molecule has 6 nitrogen and oxygen atoms in total. The van der Waals surface area contributed by atoms with E-state index < -0.39 is 6.10 Å². The van der Waals surface area contributed by atoms with Gasteiger partial charge in [-0.05, 0) is 103 Å². The molecule has 0 bridgehead atoms. The van der Waals surface area contributed by atoms with E-state index in [4.69, 9.17) is 14.2 Å². The van der Waals surface area contributed by atoms with Gasteiger partial charge in [0.1, 0.15) is 13.2 Å². The van der Waals surface area contributed by atoms with Crippen LogP contribution in [0.25, 0.3) is 0 Å². The molecule has 0 aromatic heterocycles. The molecule has 0 aliphatic heterocycles. The quantitative estimate of drug-likeness (QED) is 0.0199. The molecule has 0 saturated carbocycles. The second-order valence-electron chi connectivity index (χ2n) is 17.8. The van der Waals surface area contributed by atoms with Crippen molar-refractivity contribution in [2.45, 2.75) is 264 Å². The van der Waals surface area contributed by atoms with Crippen LogP contribution < -0.4 is 0 Å². The number of rotatable bonds is 48. The largest absolute Gasteiger partial charge is 0.462 e. The molecule has 0 aliphatic rings. The number of hydrogen-bond acceptors (Lipinski definition) is 6. The Morgan fingerprint density at radius 3 is 1.12 bits per heavy atom. The molecule has 0 fully saturated rings. The molecule has 64 heavy (non-hydrogen) atoms. The van der Waals surface area contributed by atoms with Crippen LogP contribution >= 0.6 is 0 Å². The molecule has 0 radical (unpaired) electrons. The highest BCUT2D eigenvalue weighted by molar-refractivity contribution is 5.71. The van der Waals surface area contributed by atoms with Crippen molar-refractivity contribution >= 4 is 17.9 Å². The molecule has 1 atom stereocenters. The van der Waals surface area contributed by atoms with Crippen molar-refractivity contribution < 1.29 is 28.6 Å². The van der Waals surface area contributed by atoms with E-state index in [2.05, 4.69) is 93.7 Å². The van der Waals surface area contributed by atoms with E-state index in [-0.39, 0.29) is 31.1 Å². The smallest absolute Gasteiger partial charge is 0.306 e. The Balaban J connectivity index is 4.40. The standard InChI is InChI=1S/C58H100O6/c1-4-7-10-13-16-19-22-25-27-28-29-30-32-33-36-39-42-45-48-51-57(60)63-54-55(53-62-56(59)50-47-44-41-38-35-24-21-18-15-12-9-6-3)64-58(61)52-49-46-43-40-37-34-31-26-23-20-17-14-11-8-5-2/h9,12,17-18,20-21,23,26,28-29,35,38,55H,4-8,10-11,13-16,19,22,24-25,27,30-34,36-37,39-54H2,1-3H3/b12-9-,20-17-,21-18-,26-23-,29-28-,38-35-. The molecule has 0 spiro atoms. The van der Waals surface area contributed by atoms with Gasteiger partial charge in [0.25, 0.3) is 0 Å². The second-order valence-corrected chi connectivity index (χ2v) is 17.8. The van der Waals surface area contributed by atoms with Gasteiger partial charge in [0.2, 0.25) is 0 Å². The highest BCUT2D eigenvalue weighted by Gasteiger charge is 2.19. The highest BCUT2D eigenvalue weighted by Crippen LogP contribution is 2.14. The van der Waals surface area contributed by atoms with Crippen LogP contribution in [-0.2, 0) is 28.6 Å². The number of esters is 3. The van der Waals surface area contributed by atoms with E-state index in [1.165, 1.54) is 128 Å². The lowest BCUT2D eigenvalue weighted by Crippen LogP contribution is -2.30. The molecule has 368 valence electrons. The van der Waals surface area contributed by atoms with Crippen LogP contribution in [0.3, 0.4) is 0 Å². The van der Waals surface area contributed by atoms with Gasteiger partial charge in [-0.2, -0.15) is 0 Å². The normalized spacial score (nSPS) is 12.6. The summed E-state index contributed by atoms with van der Waals surface area (Å²) in [6.07, 6.45) is 66.1. The number of allylic oxidation sites excluding steroid dienone is 12. The van der Waals surface area contributed by atoms with E-state index >= 15 is 0 Å². The fraction of sp³-hybridized carbons (Fsp3) is 0.741. The Labute approximate surface area is 395 Å². The summed E-state index contributed by atoms with van der Waals surface area (Å²) in [5.41, 5.74) is 0. The summed E-state index contributed by atoms with van der Waals surface area (Å²) in [5, 5.41) is 0. The van der Waals surface area contributed by atoms with Gasteiger partial charge in [0, 0.05) is 19.3 Å². The van der Waals surface area contributed by atoms with Gasteiger partial charge in [-0.1, -0.05) is 209 Å². The van der Waals surface area contributed by atoms with E-state index in [1.807, 2.05) is 0 Å². The molecular weight excluding hydrogens is 793 g/mol. The average molecular weight is 893 g/mol. The van der Waals surface area contributed by atoms with Crippen molar-refractivity contribution in [3.63, 3.8) is 0 Å². The molecule has 0 aliphatic carbocycles. The fourth-order valence-electron chi connectivity index (χ4n) is 7.38. The Kier molecular flexibility index (Phi) is 49.9. The zero-order chi connectivity index (χ0) is 46.5. The third-order valence-electron chi connectivity index (χ3n) is 11.4. The second kappa shape index (κ2) is 52.5. The Bertz CT molecular complexity index is 1210. The number of unbranched alkanes of at least 4 members (excludes halogenated alkanes) is 26. The highest BCUT2D eigenvalue weighted by atomic mass is 16.6. The zero-order valence-corrected chi connectivity index (χ0v) is 42.0. The first kappa shape index (κ1) is 60.9. The summed E-state index contributed by atoms with van der Waals surface area (Å²) in [7, 11) is 0. The van der Waals surface area contributed by atoms with Gasteiger partial charge in [-0.25, -0.2) is 0 Å². The van der Waals surface area contributed by atoms with Gasteiger partial charge in [-0.15, -0.1) is 0 Å². The van der Waals surface area contributed by atoms with Gasteiger partial charge in [0.15, 0.2) is 6.10 Å². The molecule has 0 aromatic carbocycles. The minimum absolute atomic E-state index is 0.0946. The summed E-state index contributed by atoms with van der Waals surface area (Å²) < 4.78 is 16.8. The number of ether oxygens (including phenoxy) is 3. The van der Waals surface area contributed by atoms with Crippen molar-refractivity contribution in [1.29, 1.82) is 0 Å². The first-order valence-electron chi connectivity index (χ1n) is 27.0. The van der Waals surface area contributed by atoms with Crippen molar-refractivity contribution in [1.82, 2.24) is 0 Å². The first-order valence-corrected chi connectivity index (χ1v) is 27.0. The first-order chi connectivity index (χ1) is 31.5. The molecular formula is C58H100O6. The molecule has 0 saturated heterocycles.